The molecular formula is C10H21NO5S. The molecule has 0 rings (SSSR count). The van der Waals surface area contributed by atoms with Crippen LogP contribution < -0.4 is 6.15 Å². The largest absolute Gasteiger partial charge is 0.458 e. The van der Waals surface area contributed by atoms with Crippen molar-refractivity contribution in [3.63, 3.8) is 0 Å². The number of ether oxygens (including phenoxy) is 1. The van der Waals surface area contributed by atoms with Gasteiger partial charge in [-0.05, 0) is 20.3 Å². The van der Waals surface area contributed by atoms with Gasteiger partial charge in [0.1, 0.15) is 11.4 Å². The Morgan fingerprint density at radius 1 is 1.41 bits per heavy atom. The summed E-state index contributed by atoms with van der Waals surface area (Å²) in [6, 6.07) is 0. The van der Waals surface area contributed by atoms with Crippen molar-refractivity contribution in [2.75, 3.05) is 6.61 Å². The van der Waals surface area contributed by atoms with Crippen LogP contribution in [0.15, 0.2) is 12.7 Å². The van der Waals surface area contributed by atoms with Crippen LogP contribution in [0.2, 0.25) is 0 Å². The van der Waals surface area contributed by atoms with Crippen molar-refractivity contribution >= 4 is 16.1 Å². The fourth-order valence-corrected chi connectivity index (χ4v) is 2.01. The van der Waals surface area contributed by atoms with Gasteiger partial charge < -0.3 is 10.9 Å². The highest BCUT2D eigenvalue weighted by Crippen LogP contribution is 2.12. The monoisotopic (exact) mass is 267 g/mol. The van der Waals surface area contributed by atoms with Gasteiger partial charge in [0.15, 0.2) is 0 Å². The second kappa shape index (κ2) is 8.21. The lowest BCUT2D eigenvalue weighted by Crippen LogP contribution is -2.34. The van der Waals surface area contributed by atoms with Crippen LogP contribution in [0.5, 0.6) is 0 Å². The van der Waals surface area contributed by atoms with Crippen molar-refractivity contribution in [2.24, 2.45) is 0 Å². The summed E-state index contributed by atoms with van der Waals surface area (Å²) in [5.41, 5.74) is 0. The van der Waals surface area contributed by atoms with Gasteiger partial charge in [0.25, 0.3) is 10.1 Å². The Morgan fingerprint density at radius 3 is 2.35 bits per heavy atom. The summed E-state index contributed by atoms with van der Waals surface area (Å²) in [5, 5.41) is -0.900. The van der Waals surface area contributed by atoms with Crippen LogP contribution in [0.25, 0.3) is 0 Å². The van der Waals surface area contributed by atoms with E-state index in [9.17, 15) is 13.2 Å². The molecule has 0 fully saturated rings. The standard InChI is InChI=1S/C10H18O5S.H3N/c1-5-7-14-16(12,13)9(4)8(3)15-10(11)6-2;/h6,8-9H,2,5,7H2,1,3-4H3;1H3. The highest BCUT2D eigenvalue weighted by molar-refractivity contribution is 7.87. The summed E-state index contributed by atoms with van der Waals surface area (Å²) in [6.07, 6.45) is 0.822. The molecule has 17 heavy (non-hydrogen) atoms. The number of hydrogen-bond donors (Lipinski definition) is 1. The maximum Gasteiger partial charge on any atom is 0.330 e. The molecule has 0 spiro atoms. The Balaban J connectivity index is 0. The van der Waals surface area contributed by atoms with Crippen LogP contribution in [0.4, 0.5) is 0 Å². The molecule has 7 heteroatoms. The molecule has 0 bridgehead atoms. The third-order valence-electron chi connectivity index (χ3n) is 2.04. The molecule has 0 aliphatic rings. The molecule has 2 atom stereocenters. The van der Waals surface area contributed by atoms with E-state index in [1.165, 1.54) is 13.8 Å². The highest BCUT2D eigenvalue weighted by atomic mass is 32.2. The first-order valence-electron chi connectivity index (χ1n) is 5.06. The van der Waals surface area contributed by atoms with Gasteiger partial charge in [0.2, 0.25) is 0 Å². The molecule has 0 saturated carbocycles. The van der Waals surface area contributed by atoms with E-state index in [2.05, 4.69) is 6.58 Å². The number of rotatable bonds is 7. The molecule has 0 aromatic heterocycles. The van der Waals surface area contributed by atoms with E-state index in [4.69, 9.17) is 8.92 Å². The van der Waals surface area contributed by atoms with Crippen LogP contribution in [-0.2, 0) is 23.8 Å². The van der Waals surface area contributed by atoms with Crippen molar-refractivity contribution in [3.8, 4) is 0 Å². The molecule has 0 aliphatic heterocycles. The fraction of sp³-hybridized carbons (Fsp3) is 0.700. The first-order chi connectivity index (χ1) is 7.35. The van der Waals surface area contributed by atoms with E-state index in [1.54, 1.807) is 6.92 Å². The van der Waals surface area contributed by atoms with E-state index in [1.807, 2.05) is 0 Å². The lowest BCUT2D eigenvalue weighted by atomic mass is 10.3. The Hall–Kier alpha value is -0.920. The first kappa shape index (κ1) is 18.4. The molecule has 102 valence electrons. The van der Waals surface area contributed by atoms with Crippen molar-refractivity contribution in [2.45, 2.75) is 38.5 Å². The zero-order valence-electron chi connectivity index (χ0n) is 10.5. The summed E-state index contributed by atoms with van der Waals surface area (Å²) in [7, 11) is -3.69. The van der Waals surface area contributed by atoms with Crippen LogP contribution in [0.1, 0.15) is 27.2 Å². The number of esters is 1. The first-order valence-corrected chi connectivity index (χ1v) is 6.53. The molecule has 0 radical (unpaired) electrons. The number of hydrogen-bond acceptors (Lipinski definition) is 6. The third kappa shape index (κ3) is 6.40. The summed E-state index contributed by atoms with van der Waals surface area (Å²) in [4.78, 5) is 10.9. The van der Waals surface area contributed by atoms with Gasteiger partial charge in [-0.1, -0.05) is 13.5 Å². The zero-order chi connectivity index (χ0) is 12.8. The summed E-state index contributed by atoms with van der Waals surface area (Å²) >= 11 is 0. The topological polar surface area (TPSA) is 105 Å². The summed E-state index contributed by atoms with van der Waals surface area (Å²) in [5.74, 6) is -0.648. The summed E-state index contributed by atoms with van der Waals surface area (Å²) < 4.78 is 32.7. The average Bonchev–Trinajstić information content (AvgIpc) is 2.24. The van der Waals surface area contributed by atoms with Crippen LogP contribution >= 0.6 is 0 Å². The van der Waals surface area contributed by atoms with Gasteiger partial charge in [-0.25, -0.2) is 4.79 Å². The highest BCUT2D eigenvalue weighted by Gasteiger charge is 2.29. The number of carbonyl (C=O) groups is 1. The predicted octanol–water partition coefficient (Wildman–Crippen LogP) is 1.41. The van der Waals surface area contributed by atoms with Gasteiger partial charge >= 0.3 is 5.97 Å². The minimum atomic E-state index is -3.69. The fourth-order valence-electron chi connectivity index (χ4n) is 0.869. The molecule has 0 aromatic rings. The minimum Gasteiger partial charge on any atom is -0.458 e. The third-order valence-corrected chi connectivity index (χ3v) is 3.83. The molecular weight excluding hydrogens is 246 g/mol. The summed E-state index contributed by atoms with van der Waals surface area (Å²) in [6.45, 7) is 8.11. The second-order valence-electron chi connectivity index (χ2n) is 3.37. The minimum absolute atomic E-state index is 0. The lowest BCUT2D eigenvalue weighted by molar-refractivity contribution is -0.142. The van der Waals surface area contributed by atoms with E-state index >= 15 is 0 Å². The van der Waals surface area contributed by atoms with E-state index in [0.29, 0.717) is 6.42 Å². The van der Waals surface area contributed by atoms with Crippen molar-refractivity contribution in [1.29, 1.82) is 0 Å². The molecule has 0 heterocycles. The Labute approximate surface area is 103 Å². The molecule has 0 aliphatic carbocycles. The Bertz CT molecular complexity index is 339. The van der Waals surface area contributed by atoms with Gasteiger partial charge in [-0.2, -0.15) is 8.42 Å². The van der Waals surface area contributed by atoms with Gasteiger partial charge in [-0.15, -0.1) is 0 Å². The molecule has 0 saturated heterocycles. The van der Waals surface area contributed by atoms with Crippen molar-refractivity contribution < 1.29 is 22.1 Å². The van der Waals surface area contributed by atoms with Gasteiger partial charge in [-0.3, -0.25) is 4.18 Å². The van der Waals surface area contributed by atoms with E-state index < -0.39 is 27.4 Å². The van der Waals surface area contributed by atoms with Gasteiger partial charge in [0.05, 0.1) is 6.61 Å². The lowest BCUT2D eigenvalue weighted by Gasteiger charge is -2.19. The molecule has 0 amide bonds. The zero-order valence-corrected chi connectivity index (χ0v) is 11.3. The van der Waals surface area contributed by atoms with Crippen LogP contribution in [-0.4, -0.2) is 32.3 Å². The van der Waals surface area contributed by atoms with Crippen molar-refractivity contribution in [3.05, 3.63) is 12.7 Å². The maximum absolute atomic E-state index is 11.6. The quantitative estimate of drug-likeness (QED) is 0.425. The SMILES string of the molecule is C=CC(=O)OC(C)C(C)S(=O)(=O)OCCC.N. The van der Waals surface area contributed by atoms with E-state index in [-0.39, 0.29) is 12.8 Å². The normalized spacial score (nSPS) is 14.3. The van der Waals surface area contributed by atoms with E-state index in [0.717, 1.165) is 6.08 Å². The van der Waals surface area contributed by atoms with Crippen LogP contribution in [0, 0.1) is 0 Å². The Morgan fingerprint density at radius 2 is 1.94 bits per heavy atom. The maximum atomic E-state index is 11.6. The van der Waals surface area contributed by atoms with Gasteiger partial charge in [0, 0.05) is 6.08 Å². The molecule has 3 N–H and O–H groups in total. The van der Waals surface area contributed by atoms with Crippen molar-refractivity contribution in [1.82, 2.24) is 6.15 Å². The van der Waals surface area contributed by atoms with Crippen LogP contribution in [0.3, 0.4) is 0 Å². The molecule has 0 aromatic carbocycles. The molecule has 2 unspecified atom stereocenters. The average molecular weight is 267 g/mol. The predicted molar refractivity (Wildman–Crippen MR) is 65.4 cm³/mol. The Kier molecular flexibility index (Phi) is 8.91. The molecule has 6 nitrogen and oxygen atoms in total. The smallest absolute Gasteiger partial charge is 0.330 e. The number of carbonyl (C=O) groups excluding carboxylic acids is 1. The second-order valence-corrected chi connectivity index (χ2v) is 5.33.